The van der Waals surface area contributed by atoms with Crippen LogP contribution in [0.4, 0.5) is 0 Å². The Bertz CT molecular complexity index is 945. The van der Waals surface area contributed by atoms with Crippen molar-refractivity contribution in [2.45, 2.75) is 42.7 Å². The van der Waals surface area contributed by atoms with Crippen LogP contribution in [0.5, 0.6) is 0 Å². The van der Waals surface area contributed by atoms with Crippen molar-refractivity contribution >= 4 is 0 Å². The first-order chi connectivity index (χ1) is 14.7. The van der Waals surface area contributed by atoms with Crippen LogP contribution in [-0.2, 0) is 0 Å². The molecule has 12 nitrogen and oxygen atoms in total. The largest absolute Gasteiger partial charge is 0.304 e. The summed E-state index contributed by atoms with van der Waals surface area (Å²) in [6.45, 7) is 1.51. The average Bonchev–Trinajstić information content (AvgIpc) is 2.80. The fourth-order valence-electron chi connectivity index (χ4n) is 5.76. The highest BCUT2D eigenvalue weighted by atomic mass is 15.6. The second-order valence-corrected chi connectivity index (χ2v) is 7.78. The Morgan fingerprint density at radius 2 is 1.40 bits per heavy atom. The SMILES string of the molecule is N#CC1C(C#N)N(C#N)C2C(C3CNCNC3C3CCN(C#N)N(C#N)C32)N1C#N. The van der Waals surface area contributed by atoms with E-state index in [1.54, 1.807) is 0 Å². The van der Waals surface area contributed by atoms with Gasteiger partial charge in [-0.1, -0.05) is 0 Å². The molecule has 4 rings (SSSR count). The number of nitriles is 6. The van der Waals surface area contributed by atoms with Gasteiger partial charge in [0.2, 0.25) is 12.4 Å². The minimum Gasteiger partial charge on any atom is -0.304 e. The van der Waals surface area contributed by atoms with Gasteiger partial charge in [-0.05, 0) is 6.42 Å². The summed E-state index contributed by atoms with van der Waals surface area (Å²) in [5.41, 5.74) is 0. The molecule has 2 N–H and O–H groups in total. The highest BCUT2D eigenvalue weighted by Gasteiger charge is 2.63. The van der Waals surface area contributed by atoms with Crippen LogP contribution in [0.2, 0.25) is 0 Å². The molecule has 1 saturated carbocycles. The lowest BCUT2D eigenvalue weighted by atomic mass is 9.63. The highest BCUT2D eigenvalue weighted by molar-refractivity contribution is 5.27. The Labute approximate surface area is 173 Å². The van der Waals surface area contributed by atoms with E-state index in [0.717, 1.165) is 0 Å². The van der Waals surface area contributed by atoms with Gasteiger partial charge in [-0.15, -0.1) is 0 Å². The Morgan fingerprint density at radius 1 is 0.733 bits per heavy atom. The summed E-state index contributed by atoms with van der Waals surface area (Å²) in [7, 11) is 0. The molecule has 12 heteroatoms. The molecule has 0 aromatic heterocycles. The summed E-state index contributed by atoms with van der Waals surface area (Å²) in [4.78, 5) is 2.61. The van der Waals surface area contributed by atoms with Crippen molar-refractivity contribution in [2.75, 3.05) is 19.8 Å². The predicted molar refractivity (Wildman–Crippen MR) is 96.2 cm³/mol. The van der Waals surface area contributed by atoms with Gasteiger partial charge in [-0.2, -0.15) is 31.6 Å². The third kappa shape index (κ3) is 2.46. The molecule has 3 saturated heterocycles. The summed E-state index contributed by atoms with van der Waals surface area (Å²) < 4.78 is 0. The van der Waals surface area contributed by atoms with E-state index < -0.39 is 30.2 Å². The standard InChI is InChI=1S/C18H18N12/c19-3-13-14(4-20)29(8-23)18-16(28(13)7-22)12-5-25-10-26-15(12)11-1-2-27(6-21)30(9-24)17(11)18/h11-18,25-26H,1-2,5,10H2. The van der Waals surface area contributed by atoms with Gasteiger partial charge >= 0.3 is 0 Å². The molecule has 4 aliphatic rings. The zero-order valence-electron chi connectivity index (χ0n) is 15.9. The van der Waals surface area contributed by atoms with E-state index >= 15 is 0 Å². The number of hydrazine groups is 1. The summed E-state index contributed by atoms with van der Waals surface area (Å²) in [5, 5.41) is 68.0. The molecule has 3 heterocycles. The van der Waals surface area contributed by atoms with E-state index in [-0.39, 0.29) is 17.9 Å². The van der Waals surface area contributed by atoms with Crippen molar-refractivity contribution < 1.29 is 0 Å². The molecule has 0 bridgehead atoms. The lowest BCUT2D eigenvalue weighted by Gasteiger charge is -2.63. The molecule has 0 aromatic carbocycles. The lowest BCUT2D eigenvalue weighted by molar-refractivity contribution is -0.146. The molecule has 30 heavy (non-hydrogen) atoms. The van der Waals surface area contributed by atoms with Gasteiger partial charge in [0.05, 0.1) is 36.8 Å². The van der Waals surface area contributed by atoms with Crippen molar-refractivity contribution in [1.82, 2.24) is 30.5 Å². The number of nitrogens with one attached hydrogen (secondary N) is 2. The number of rotatable bonds is 0. The quantitative estimate of drug-likeness (QED) is 0.430. The Hall–Kier alpha value is -3.94. The maximum absolute atomic E-state index is 9.97. The topological polar surface area (TPSA) is 180 Å². The van der Waals surface area contributed by atoms with E-state index in [2.05, 4.69) is 29.2 Å². The first kappa shape index (κ1) is 19.4. The van der Waals surface area contributed by atoms with Crippen LogP contribution in [-0.4, -0.2) is 75.8 Å². The van der Waals surface area contributed by atoms with E-state index in [4.69, 9.17) is 0 Å². The van der Waals surface area contributed by atoms with Gasteiger partial charge in [-0.25, -0.2) is 10.0 Å². The summed E-state index contributed by atoms with van der Waals surface area (Å²) in [5.74, 6) is -0.192. The van der Waals surface area contributed by atoms with Crippen molar-refractivity contribution in [3.05, 3.63) is 0 Å². The van der Waals surface area contributed by atoms with Crippen LogP contribution in [0.25, 0.3) is 0 Å². The molecule has 0 amide bonds. The number of hydrogen-bond acceptors (Lipinski definition) is 12. The van der Waals surface area contributed by atoms with Crippen molar-refractivity contribution in [3.63, 3.8) is 0 Å². The molecular weight excluding hydrogens is 384 g/mol. The van der Waals surface area contributed by atoms with Gasteiger partial charge in [0.1, 0.15) is 0 Å². The van der Waals surface area contributed by atoms with Crippen LogP contribution < -0.4 is 10.6 Å². The second-order valence-electron chi connectivity index (χ2n) is 7.78. The fraction of sp³-hybridized carbons (Fsp3) is 0.667. The van der Waals surface area contributed by atoms with Crippen LogP contribution >= 0.6 is 0 Å². The first-order valence-corrected chi connectivity index (χ1v) is 9.62. The number of fused-ring (bicyclic) bond motifs is 6. The molecule has 0 radical (unpaired) electrons. The fourth-order valence-corrected chi connectivity index (χ4v) is 5.76. The molecule has 0 aromatic rings. The molecule has 3 aliphatic heterocycles. The molecular formula is C18H18N12. The van der Waals surface area contributed by atoms with Crippen LogP contribution in [0, 0.1) is 80.3 Å². The van der Waals surface area contributed by atoms with E-state index in [0.29, 0.717) is 26.2 Å². The third-order valence-electron chi connectivity index (χ3n) is 6.81. The number of nitrogens with zero attached hydrogens (tertiary/aromatic N) is 10. The number of hydrogen-bond donors (Lipinski definition) is 2. The van der Waals surface area contributed by atoms with Crippen LogP contribution in [0.3, 0.4) is 0 Å². The van der Waals surface area contributed by atoms with E-state index in [1.165, 1.54) is 19.8 Å². The molecule has 0 spiro atoms. The van der Waals surface area contributed by atoms with Crippen molar-refractivity contribution in [1.29, 1.82) is 31.6 Å². The molecule has 150 valence electrons. The predicted octanol–water partition coefficient (Wildman–Crippen LogP) is -1.89. The summed E-state index contributed by atoms with van der Waals surface area (Å²) in [6, 6.07) is -0.167. The minimum absolute atomic E-state index is 0.0661. The van der Waals surface area contributed by atoms with Crippen LogP contribution in [0.1, 0.15) is 6.42 Å². The summed E-state index contributed by atoms with van der Waals surface area (Å²) >= 11 is 0. The van der Waals surface area contributed by atoms with Gasteiger partial charge in [-0.3, -0.25) is 9.80 Å². The van der Waals surface area contributed by atoms with E-state index in [9.17, 15) is 31.6 Å². The van der Waals surface area contributed by atoms with Gasteiger partial charge in [0, 0.05) is 31.1 Å². The third-order valence-corrected chi connectivity index (χ3v) is 6.81. The molecule has 4 fully saturated rings. The van der Waals surface area contributed by atoms with Gasteiger partial charge < -0.3 is 10.6 Å². The number of piperazine rings is 1. The smallest absolute Gasteiger partial charge is 0.201 e. The maximum Gasteiger partial charge on any atom is 0.201 e. The average molecular weight is 402 g/mol. The zero-order chi connectivity index (χ0) is 21.4. The zero-order valence-corrected chi connectivity index (χ0v) is 15.9. The Kier molecular flexibility index (Phi) is 4.83. The minimum atomic E-state index is -1.15. The maximum atomic E-state index is 9.97. The second kappa shape index (κ2) is 7.47. The molecule has 8 atom stereocenters. The molecule has 1 aliphatic carbocycles. The normalized spacial score (nSPS) is 39.4. The Morgan fingerprint density at radius 3 is 1.97 bits per heavy atom. The Balaban J connectivity index is 1.90. The summed E-state index contributed by atoms with van der Waals surface area (Å²) in [6.07, 6.45) is 8.87. The van der Waals surface area contributed by atoms with Crippen LogP contribution in [0.15, 0.2) is 0 Å². The molecule has 8 unspecified atom stereocenters. The van der Waals surface area contributed by atoms with Crippen molar-refractivity contribution in [2.24, 2.45) is 11.8 Å². The van der Waals surface area contributed by atoms with Gasteiger partial charge in [0.15, 0.2) is 24.5 Å². The monoisotopic (exact) mass is 402 g/mol. The van der Waals surface area contributed by atoms with E-state index in [1.807, 2.05) is 18.3 Å². The lowest BCUT2D eigenvalue weighted by Crippen LogP contribution is -2.81. The van der Waals surface area contributed by atoms with Gasteiger partial charge in [0.25, 0.3) is 0 Å². The highest BCUT2D eigenvalue weighted by Crippen LogP contribution is 2.45. The van der Waals surface area contributed by atoms with Crippen molar-refractivity contribution in [3.8, 4) is 36.9 Å². The first-order valence-electron chi connectivity index (χ1n) is 9.62.